The summed E-state index contributed by atoms with van der Waals surface area (Å²) in [5.74, 6) is 2.03. The van der Waals surface area contributed by atoms with E-state index < -0.39 is 0 Å². The molecule has 1 fully saturated rings. The second-order valence-corrected chi connectivity index (χ2v) is 5.83. The Morgan fingerprint density at radius 3 is 3.05 bits per heavy atom. The first-order valence-corrected chi connectivity index (χ1v) is 7.35. The third-order valence-corrected chi connectivity index (χ3v) is 4.47. The van der Waals surface area contributed by atoms with Crippen LogP contribution in [0.2, 0.25) is 0 Å². The minimum absolute atomic E-state index is 0.413. The average molecular weight is 257 g/mol. The monoisotopic (exact) mass is 257 g/mol. The smallest absolute Gasteiger partial charge is 0.126 e. The third-order valence-electron chi connectivity index (χ3n) is 4.47. The lowest BCUT2D eigenvalue weighted by Gasteiger charge is -2.29. The van der Waals surface area contributed by atoms with Crippen molar-refractivity contribution in [3.8, 4) is 0 Å². The van der Waals surface area contributed by atoms with Crippen LogP contribution in [0.15, 0.2) is 18.2 Å². The van der Waals surface area contributed by atoms with Crippen LogP contribution in [0.3, 0.4) is 0 Å². The summed E-state index contributed by atoms with van der Waals surface area (Å²) in [6, 6.07) is 6.94. The van der Waals surface area contributed by atoms with E-state index in [0.717, 1.165) is 18.0 Å². The van der Waals surface area contributed by atoms with Gasteiger partial charge < -0.3 is 9.88 Å². The van der Waals surface area contributed by atoms with Crippen LogP contribution in [-0.4, -0.2) is 16.1 Å². The highest BCUT2D eigenvalue weighted by molar-refractivity contribution is 5.76. The fourth-order valence-corrected chi connectivity index (χ4v) is 3.20. The minimum Gasteiger partial charge on any atom is -0.330 e. The molecule has 1 saturated heterocycles. The first-order valence-electron chi connectivity index (χ1n) is 7.35. The van der Waals surface area contributed by atoms with Crippen molar-refractivity contribution in [2.24, 2.45) is 13.0 Å². The molecule has 1 aromatic heterocycles. The first-order chi connectivity index (χ1) is 9.19. The van der Waals surface area contributed by atoms with Gasteiger partial charge in [0.05, 0.1) is 17.1 Å². The van der Waals surface area contributed by atoms with Gasteiger partial charge in [0.1, 0.15) is 5.82 Å². The number of nitrogens with one attached hydrogen (secondary N) is 1. The van der Waals surface area contributed by atoms with Gasteiger partial charge in [0, 0.05) is 7.05 Å². The average Bonchev–Trinajstić information content (AvgIpc) is 2.75. The Balaban J connectivity index is 1.98. The third kappa shape index (κ3) is 2.27. The molecule has 2 heterocycles. The highest BCUT2D eigenvalue weighted by atomic mass is 15.1. The summed E-state index contributed by atoms with van der Waals surface area (Å²) in [4.78, 5) is 4.87. The molecule has 0 amide bonds. The molecule has 2 atom stereocenters. The molecule has 1 N–H and O–H groups in total. The Hall–Kier alpha value is -1.35. The fourth-order valence-electron chi connectivity index (χ4n) is 3.20. The van der Waals surface area contributed by atoms with Crippen LogP contribution < -0.4 is 5.32 Å². The number of rotatable bonds is 2. The summed E-state index contributed by atoms with van der Waals surface area (Å²) in [5, 5.41) is 3.63. The normalized spacial score (nSPS) is 23.9. The SMILES string of the molecule is CCC1CCNC(c2nc3cc(C)ccc3n2C)C1. The molecule has 0 bridgehead atoms. The van der Waals surface area contributed by atoms with Crippen molar-refractivity contribution in [3.63, 3.8) is 0 Å². The number of imidazole rings is 1. The van der Waals surface area contributed by atoms with E-state index in [1.54, 1.807) is 0 Å². The number of fused-ring (bicyclic) bond motifs is 1. The highest BCUT2D eigenvalue weighted by Gasteiger charge is 2.25. The zero-order valence-electron chi connectivity index (χ0n) is 12.1. The van der Waals surface area contributed by atoms with Gasteiger partial charge in [0.15, 0.2) is 0 Å². The zero-order chi connectivity index (χ0) is 13.4. The largest absolute Gasteiger partial charge is 0.330 e. The molecule has 3 rings (SSSR count). The standard InChI is InChI=1S/C16H23N3/c1-4-12-7-8-17-14(10-12)16-18-13-9-11(2)5-6-15(13)19(16)3/h5-6,9,12,14,17H,4,7-8,10H2,1-3H3. The highest BCUT2D eigenvalue weighted by Crippen LogP contribution is 2.30. The molecule has 2 unspecified atom stereocenters. The van der Waals surface area contributed by atoms with Crippen LogP contribution in [0.4, 0.5) is 0 Å². The van der Waals surface area contributed by atoms with E-state index in [4.69, 9.17) is 4.98 Å². The van der Waals surface area contributed by atoms with Gasteiger partial charge in [-0.25, -0.2) is 4.98 Å². The molecular weight excluding hydrogens is 234 g/mol. The quantitative estimate of drug-likeness (QED) is 0.894. The molecule has 1 aliphatic rings. The molecule has 3 heteroatoms. The van der Waals surface area contributed by atoms with Gasteiger partial charge in [-0.1, -0.05) is 19.4 Å². The van der Waals surface area contributed by atoms with Crippen molar-refractivity contribution < 1.29 is 0 Å². The summed E-state index contributed by atoms with van der Waals surface area (Å²) >= 11 is 0. The molecule has 1 aromatic carbocycles. The van der Waals surface area contributed by atoms with E-state index in [-0.39, 0.29) is 0 Å². The molecule has 3 nitrogen and oxygen atoms in total. The van der Waals surface area contributed by atoms with Crippen molar-refractivity contribution in [3.05, 3.63) is 29.6 Å². The summed E-state index contributed by atoms with van der Waals surface area (Å²) in [7, 11) is 2.14. The summed E-state index contributed by atoms with van der Waals surface area (Å²) in [5.41, 5.74) is 3.64. The summed E-state index contributed by atoms with van der Waals surface area (Å²) in [6.07, 6.45) is 3.80. The Morgan fingerprint density at radius 2 is 2.26 bits per heavy atom. The van der Waals surface area contributed by atoms with Gasteiger partial charge in [-0.05, 0) is 49.9 Å². The molecule has 0 saturated carbocycles. The van der Waals surface area contributed by atoms with Crippen LogP contribution in [-0.2, 0) is 7.05 Å². The number of nitrogens with zero attached hydrogens (tertiary/aromatic N) is 2. The maximum Gasteiger partial charge on any atom is 0.126 e. The van der Waals surface area contributed by atoms with E-state index in [9.17, 15) is 0 Å². The van der Waals surface area contributed by atoms with Gasteiger partial charge in [-0.2, -0.15) is 0 Å². The lowest BCUT2D eigenvalue weighted by molar-refractivity contribution is 0.288. The van der Waals surface area contributed by atoms with Crippen molar-refractivity contribution in [1.82, 2.24) is 14.9 Å². The topological polar surface area (TPSA) is 29.9 Å². The van der Waals surface area contributed by atoms with Crippen LogP contribution >= 0.6 is 0 Å². The summed E-state index contributed by atoms with van der Waals surface area (Å²) < 4.78 is 2.25. The van der Waals surface area contributed by atoms with Crippen LogP contribution in [0.5, 0.6) is 0 Å². The zero-order valence-corrected chi connectivity index (χ0v) is 12.1. The Morgan fingerprint density at radius 1 is 1.42 bits per heavy atom. The molecule has 0 spiro atoms. The number of hydrogen-bond acceptors (Lipinski definition) is 2. The van der Waals surface area contributed by atoms with Gasteiger partial charge >= 0.3 is 0 Å². The number of hydrogen-bond donors (Lipinski definition) is 1. The molecule has 102 valence electrons. The maximum absolute atomic E-state index is 4.87. The van der Waals surface area contributed by atoms with Crippen LogP contribution in [0.25, 0.3) is 11.0 Å². The molecule has 1 aliphatic heterocycles. The molecular formula is C16H23N3. The van der Waals surface area contributed by atoms with Crippen LogP contribution in [0.1, 0.15) is 43.6 Å². The van der Waals surface area contributed by atoms with E-state index in [0.29, 0.717) is 6.04 Å². The van der Waals surface area contributed by atoms with Gasteiger partial charge in [-0.3, -0.25) is 0 Å². The van der Waals surface area contributed by atoms with Gasteiger partial charge in [-0.15, -0.1) is 0 Å². The molecule has 19 heavy (non-hydrogen) atoms. The lowest BCUT2D eigenvalue weighted by atomic mass is 9.90. The number of benzene rings is 1. The van der Waals surface area contributed by atoms with Crippen molar-refractivity contribution in [1.29, 1.82) is 0 Å². The van der Waals surface area contributed by atoms with Gasteiger partial charge in [0.2, 0.25) is 0 Å². The molecule has 0 radical (unpaired) electrons. The first kappa shape index (κ1) is 12.7. The number of aryl methyl sites for hydroxylation is 2. The predicted octanol–water partition coefficient (Wildman–Crippen LogP) is 3.33. The van der Waals surface area contributed by atoms with Crippen molar-refractivity contribution >= 4 is 11.0 Å². The Bertz CT molecular complexity index is 585. The Kier molecular flexibility index (Phi) is 3.31. The van der Waals surface area contributed by atoms with Gasteiger partial charge in [0.25, 0.3) is 0 Å². The Labute approximate surface area is 115 Å². The van der Waals surface area contributed by atoms with E-state index in [2.05, 4.69) is 49.0 Å². The lowest BCUT2D eigenvalue weighted by Crippen LogP contribution is -2.33. The predicted molar refractivity (Wildman–Crippen MR) is 79.2 cm³/mol. The molecule has 0 aliphatic carbocycles. The van der Waals surface area contributed by atoms with E-state index >= 15 is 0 Å². The maximum atomic E-state index is 4.87. The number of aromatic nitrogens is 2. The fraction of sp³-hybridized carbons (Fsp3) is 0.562. The summed E-state index contributed by atoms with van der Waals surface area (Å²) in [6.45, 7) is 5.54. The van der Waals surface area contributed by atoms with Crippen LogP contribution in [0, 0.1) is 12.8 Å². The molecule has 2 aromatic rings. The van der Waals surface area contributed by atoms with E-state index in [1.165, 1.54) is 36.2 Å². The van der Waals surface area contributed by atoms with E-state index in [1.807, 2.05) is 0 Å². The van der Waals surface area contributed by atoms with Crippen molar-refractivity contribution in [2.75, 3.05) is 6.54 Å². The number of piperidine rings is 1. The van der Waals surface area contributed by atoms with Crippen molar-refractivity contribution in [2.45, 2.75) is 39.2 Å². The second kappa shape index (κ2) is 4.97. The second-order valence-electron chi connectivity index (χ2n) is 5.83. The minimum atomic E-state index is 0.413.